The predicted molar refractivity (Wildman–Crippen MR) is 84.3 cm³/mol. The zero-order valence-corrected chi connectivity index (χ0v) is 13.6. The van der Waals surface area contributed by atoms with Gasteiger partial charge >= 0.3 is 0 Å². The summed E-state index contributed by atoms with van der Waals surface area (Å²) in [6, 6.07) is 0. The third kappa shape index (κ3) is 4.66. The summed E-state index contributed by atoms with van der Waals surface area (Å²) < 4.78 is 5.32. The number of nitrogens with zero attached hydrogens (tertiary/aromatic N) is 1. The summed E-state index contributed by atoms with van der Waals surface area (Å²) in [6.45, 7) is 8.87. The van der Waals surface area contributed by atoms with Crippen LogP contribution in [0.5, 0.6) is 0 Å². The van der Waals surface area contributed by atoms with Gasteiger partial charge in [-0.15, -0.1) is 0 Å². The Balaban J connectivity index is 1.78. The Morgan fingerprint density at radius 3 is 2.62 bits per heavy atom. The largest absolute Gasteiger partial charge is 0.384 e. The normalized spacial score (nSPS) is 23.9. The van der Waals surface area contributed by atoms with Crippen molar-refractivity contribution in [3.63, 3.8) is 0 Å². The topological polar surface area (TPSA) is 53.6 Å². The molecule has 1 amide bonds. The first-order chi connectivity index (χ1) is 10.2. The molecule has 0 bridgehead atoms. The third-order valence-electron chi connectivity index (χ3n) is 4.84. The summed E-state index contributed by atoms with van der Waals surface area (Å²) in [5.41, 5.74) is -0.326. The summed E-state index contributed by atoms with van der Waals surface area (Å²) in [6.07, 6.45) is 4.38. The summed E-state index contributed by atoms with van der Waals surface area (Å²) in [4.78, 5) is 15.1. The molecule has 0 radical (unpaired) electrons. The van der Waals surface area contributed by atoms with Crippen LogP contribution in [0.4, 0.5) is 0 Å². The molecule has 2 aliphatic rings. The molecule has 0 saturated carbocycles. The monoisotopic (exact) mass is 297 g/mol. The highest BCUT2D eigenvalue weighted by molar-refractivity contribution is 5.83. The van der Waals surface area contributed by atoms with Crippen LogP contribution in [0.3, 0.4) is 0 Å². The number of rotatable bonds is 7. The lowest BCUT2D eigenvalue weighted by molar-refractivity contribution is -0.136. The quantitative estimate of drug-likeness (QED) is 0.731. The molecular weight excluding hydrogens is 266 g/mol. The van der Waals surface area contributed by atoms with Crippen LogP contribution in [0, 0.1) is 11.3 Å². The lowest BCUT2D eigenvalue weighted by Gasteiger charge is -2.36. The third-order valence-corrected chi connectivity index (χ3v) is 4.84. The zero-order chi connectivity index (χ0) is 15.1. The van der Waals surface area contributed by atoms with Gasteiger partial charge in [-0.1, -0.05) is 6.92 Å². The van der Waals surface area contributed by atoms with Crippen LogP contribution < -0.4 is 10.6 Å². The molecular formula is C16H31N3O2. The van der Waals surface area contributed by atoms with Crippen LogP contribution in [0.1, 0.15) is 32.6 Å². The number of hydrogen-bond acceptors (Lipinski definition) is 4. The maximum Gasteiger partial charge on any atom is 0.228 e. The number of carbonyl (C=O) groups is 1. The maximum atomic E-state index is 12.6. The molecule has 0 aromatic carbocycles. The SMILES string of the molecule is COCC1(C(=O)NCC(C)CN2CCCC2)CCNCC1. The van der Waals surface area contributed by atoms with E-state index in [2.05, 4.69) is 22.5 Å². The number of hydrogen-bond donors (Lipinski definition) is 2. The lowest BCUT2D eigenvalue weighted by atomic mass is 9.78. The molecule has 1 unspecified atom stereocenters. The van der Waals surface area contributed by atoms with Gasteiger partial charge in [-0.25, -0.2) is 0 Å². The summed E-state index contributed by atoms with van der Waals surface area (Å²) in [5.74, 6) is 0.687. The van der Waals surface area contributed by atoms with E-state index in [0.29, 0.717) is 12.5 Å². The minimum absolute atomic E-state index is 0.180. The van der Waals surface area contributed by atoms with Gasteiger partial charge in [-0.05, 0) is 57.8 Å². The first-order valence-corrected chi connectivity index (χ1v) is 8.36. The van der Waals surface area contributed by atoms with Crippen molar-refractivity contribution in [1.29, 1.82) is 0 Å². The highest BCUT2D eigenvalue weighted by Crippen LogP contribution is 2.29. The van der Waals surface area contributed by atoms with Crippen molar-refractivity contribution >= 4 is 5.91 Å². The average molecular weight is 297 g/mol. The van der Waals surface area contributed by atoms with Crippen molar-refractivity contribution < 1.29 is 9.53 Å². The smallest absolute Gasteiger partial charge is 0.228 e. The Hall–Kier alpha value is -0.650. The van der Waals surface area contributed by atoms with Gasteiger partial charge < -0.3 is 20.3 Å². The van der Waals surface area contributed by atoms with Crippen molar-refractivity contribution in [3.8, 4) is 0 Å². The van der Waals surface area contributed by atoms with Crippen molar-refractivity contribution in [3.05, 3.63) is 0 Å². The zero-order valence-electron chi connectivity index (χ0n) is 13.6. The second-order valence-electron chi connectivity index (χ2n) is 6.79. The molecule has 5 heteroatoms. The number of ether oxygens (including phenoxy) is 1. The summed E-state index contributed by atoms with van der Waals surface area (Å²) >= 11 is 0. The molecule has 1 atom stereocenters. The highest BCUT2D eigenvalue weighted by Gasteiger charge is 2.39. The van der Waals surface area contributed by atoms with Crippen LogP contribution >= 0.6 is 0 Å². The second-order valence-corrected chi connectivity index (χ2v) is 6.79. The second kappa shape index (κ2) is 8.11. The van der Waals surface area contributed by atoms with E-state index >= 15 is 0 Å². The Kier molecular flexibility index (Phi) is 6.45. The van der Waals surface area contributed by atoms with Gasteiger partial charge in [0.1, 0.15) is 0 Å². The molecule has 5 nitrogen and oxygen atoms in total. The van der Waals surface area contributed by atoms with E-state index in [9.17, 15) is 4.79 Å². The van der Waals surface area contributed by atoms with Gasteiger partial charge in [0.25, 0.3) is 0 Å². The van der Waals surface area contributed by atoms with Gasteiger partial charge in [0.05, 0.1) is 12.0 Å². The fraction of sp³-hybridized carbons (Fsp3) is 0.938. The molecule has 0 aliphatic carbocycles. The van der Waals surface area contributed by atoms with Crippen molar-refractivity contribution in [2.45, 2.75) is 32.6 Å². The number of carbonyl (C=O) groups excluding carboxylic acids is 1. The molecule has 2 aliphatic heterocycles. The van der Waals surface area contributed by atoms with E-state index in [1.54, 1.807) is 7.11 Å². The van der Waals surface area contributed by atoms with Crippen molar-refractivity contribution in [2.24, 2.45) is 11.3 Å². The molecule has 21 heavy (non-hydrogen) atoms. The first-order valence-electron chi connectivity index (χ1n) is 8.36. The Bertz CT molecular complexity index is 318. The predicted octanol–water partition coefficient (Wildman–Crippen LogP) is 0.851. The summed E-state index contributed by atoms with van der Waals surface area (Å²) in [7, 11) is 1.69. The van der Waals surface area contributed by atoms with Gasteiger partial charge in [0.15, 0.2) is 0 Å². The van der Waals surface area contributed by atoms with Crippen LogP contribution in [-0.2, 0) is 9.53 Å². The molecule has 2 fully saturated rings. The molecule has 2 rings (SSSR count). The molecule has 122 valence electrons. The van der Waals surface area contributed by atoms with Crippen LogP contribution in [-0.4, -0.2) is 63.8 Å². The van der Waals surface area contributed by atoms with E-state index in [4.69, 9.17) is 4.74 Å². The fourth-order valence-electron chi connectivity index (χ4n) is 3.54. The van der Waals surface area contributed by atoms with E-state index in [0.717, 1.165) is 39.0 Å². The van der Waals surface area contributed by atoms with Gasteiger partial charge in [-0.3, -0.25) is 4.79 Å². The maximum absolute atomic E-state index is 12.6. The van der Waals surface area contributed by atoms with E-state index in [-0.39, 0.29) is 11.3 Å². The molecule has 0 aromatic rings. The standard InChI is InChI=1S/C16H31N3O2/c1-14(12-19-9-3-4-10-19)11-18-15(20)16(13-21-2)5-7-17-8-6-16/h14,17H,3-13H2,1-2H3,(H,18,20). The molecule has 2 N–H and O–H groups in total. The number of amides is 1. The van der Waals surface area contributed by atoms with Crippen molar-refractivity contribution in [1.82, 2.24) is 15.5 Å². The highest BCUT2D eigenvalue weighted by atomic mass is 16.5. The molecule has 2 heterocycles. The van der Waals surface area contributed by atoms with Crippen LogP contribution in [0.15, 0.2) is 0 Å². The van der Waals surface area contributed by atoms with Gasteiger partial charge in [0, 0.05) is 20.2 Å². The number of methoxy groups -OCH3 is 1. The van der Waals surface area contributed by atoms with Gasteiger partial charge in [0.2, 0.25) is 5.91 Å². The minimum Gasteiger partial charge on any atom is -0.384 e. The first kappa shape index (κ1) is 16.7. The molecule has 0 spiro atoms. The number of nitrogens with one attached hydrogen (secondary N) is 2. The van der Waals surface area contributed by atoms with E-state index in [1.165, 1.54) is 25.9 Å². The number of piperidine rings is 1. The lowest BCUT2D eigenvalue weighted by Crippen LogP contribution is -2.51. The summed E-state index contributed by atoms with van der Waals surface area (Å²) in [5, 5.41) is 6.50. The Labute approximate surface area is 128 Å². The molecule has 0 aromatic heterocycles. The molecule has 2 saturated heterocycles. The fourth-order valence-corrected chi connectivity index (χ4v) is 3.54. The van der Waals surface area contributed by atoms with E-state index < -0.39 is 0 Å². The number of likely N-dealkylation sites (tertiary alicyclic amines) is 1. The van der Waals surface area contributed by atoms with Crippen LogP contribution in [0.2, 0.25) is 0 Å². The Morgan fingerprint density at radius 1 is 1.33 bits per heavy atom. The van der Waals surface area contributed by atoms with Gasteiger partial charge in [-0.2, -0.15) is 0 Å². The van der Waals surface area contributed by atoms with E-state index in [1.807, 2.05) is 0 Å². The average Bonchev–Trinajstić information content (AvgIpc) is 2.99. The van der Waals surface area contributed by atoms with Crippen LogP contribution in [0.25, 0.3) is 0 Å². The van der Waals surface area contributed by atoms with Crippen molar-refractivity contribution in [2.75, 3.05) is 53.0 Å². The Morgan fingerprint density at radius 2 is 2.00 bits per heavy atom. The minimum atomic E-state index is -0.326.